The molecular weight excluding hydrogens is 316 g/mol. The van der Waals surface area contributed by atoms with E-state index < -0.39 is 0 Å². The molecule has 0 atom stereocenters. The summed E-state index contributed by atoms with van der Waals surface area (Å²) in [7, 11) is 1.90. The van der Waals surface area contributed by atoms with E-state index in [2.05, 4.69) is 4.99 Å². The molecule has 2 aromatic heterocycles. The third-order valence-electron chi connectivity index (χ3n) is 3.46. The van der Waals surface area contributed by atoms with E-state index in [1.807, 2.05) is 40.9 Å². The summed E-state index contributed by atoms with van der Waals surface area (Å²) in [5.74, 6) is 0.421. The molecule has 22 heavy (non-hydrogen) atoms. The second kappa shape index (κ2) is 6.46. The number of carbonyl (C=O) groups is 1. The Balaban J connectivity index is 2.12. The van der Waals surface area contributed by atoms with Crippen LogP contribution in [0.4, 0.5) is 0 Å². The molecule has 2 aromatic rings. The Morgan fingerprint density at radius 3 is 2.50 bits per heavy atom. The van der Waals surface area contributed by atoms with Crippen molar-refractivity contribution in [3.05, 3.63) is 50.4 Å². The summed E-state index contributed by atoms with van der Waals surface area (Å²) < 4.78 is 0. The number of ketones is 1. The zero-order valence-corrected chi connectivity index (χ0v) is 13.8. The fourth-order valence-electron chi connectivity index (χ4n) is 2.37. The zero-order valence-electron chi connectivity index (χ0n) is 12.2. The number of nitrogens with zero attached hydrogens (tertiary/aromatic N) is 2. The fraction of sp³-hybridized carbons (Fsp3) is 0.250. The number of Topliss-reactive ketones (excluding diaryl/α,β-unsaturated/α-hetero) is 1. The summed E-state index contributed by atoms with van der Waals surface area (Å²) >= 11 is 2.78. The van der Waals surface area contributed by atoms with Gasteiger partial charge in [-0.25, -0.2) is 0 Å². The molecule has 0 saturated heterocycles. The van der Waals surface area contributed by atoms with Crippen molar-refractivity contribution < 1.29 is 9.90 Å². The second-order valence-electron chi connectivity index (χ2n) is 4.99. The Labute approximate surface area is 137 Å². The Morgan fingerprint density at radius 2 is 1.91 bits per heavy atom. The smallest absolute Gasteiger partial charge is 0.210 e. The van der Waals surface area contributed by atoms with Crippen molar-refractivity contribution in [1.82, 2.24) is 4.90 Å². The van der Waals surface area contributed by atoms with Gasteiger partial charge in [0.15, 0.2) is 0 Å². The van der Waals surface area contributed by atoms with Crippen LogP contribution in [0.15, 0.2) is 45.6 Å². The minimum Gasteiger partial charge on any atom is -0.506 e. The van der Waals surface area contributed by atoms with Crippen molar-refractivity contribution in [1.29, 1.82) is 0 Å². The van der Waals surface area contributed by atoms with E-state index in [1.165, 1.54) is 22.7 Å². The lowest BCUT2D eigenvalue weighted by atomic mass is 10.0. The minimum atomic E-state index is -0.173. The number of amidine groups is 1. The molecule has 3 heterocycles. The van der Waals surface area contributed by atoms with E-state index in [0.717, 1.165) is 13.0 Å². The highest BCUT2D eigenvalue weighted by atomic mass is 32.1. The lowest BCUT2D eigenvalue weighted by Gasteiger charge is -2.26. The second-order valence-corrected chi connectivity index (χ2v) is 6.88. The van der Waals surface area contributed by atoms with Crippen molar-refractivity contribution in [3.63, 3.8) is 0 Å². The van der Waals surface area contributed by atoms with E-state index in [1.54, 1.807) is 6.07 Å². The highest BCUT2D eigenvalue weighted by Gasteiger charge is 2.28. The van der Waals surface area contributed by atoms with Crippen molar-refractivity contribution >= 4 is 40.1 Å². The van der Waals surface area contributed by atoms with E-state index in [0.29, 0.717) is 27.7 Å². The number of aliphatic hydroxyl groups is 1. The van der Waals surface area contributed by atoms with E-state index in [-0.39, 0.29) is 11.5 Å². The van der Waals surface area contributed by atoms with Crippen molar-refractivity contribution in [3.8, 4) is 0 Å². The molecule has 4 nitrogen and oxygen atoms in total. The van der Waals surface area contributed by atoms with Crippen LogP contribution in [-0.2, 0) is 0 Å². The largest absolute Gasteiger partial charge is 0.506 e. The molecule has 0 aromatic carbocycles. The van der Waals surface area contributed by atoms with Gasteiger partial charge < -0.3 is 10.0 Å². The highest BCUT2D eigenvalue weighted by Crippen LogP contribution is 2.27. The maximum atomic E-state index is 12.9. The Bertz CT molecular complexity index is 715. The summed E-state index contributed by atoms with van der Waals surface area (Å²) in [6, 6.07) is 7.28. The number of aliphatic hydroxyl groups excluding tert-OH is 1. The van der Waals surface area contributed by atoms with Gasteiger partial charge in [0, 0.05) is 20.1 Å². The predicted octanol–water partition coefficient (Wildman–Crippen LogP) is 3.70. The van der Waals surface area contributed by atoms with Crippen LogP contribution in [0.3, 0.4) is 0 Å². The van der Waals surface area contributed by atoms with Gasteiger partial charge >= 0.3 is 0 Å². The predicted molar refractivity (Wildman–Crippen MR) is 92.1 cm³/mol. The van der Waals surface area contributed by atoms with Gasteiger partial charge in [0.25, 0.3) is 0 Å². The summed E-state index contributed by atoms with van der Waals surface area (Å²) in [5.41, 5.74) is 0.298. The normalized spacial score (nSPS) is 16.2. The van der Waals surface area contributed by atoms with Gasteiger partial charge in [-0.15, -0.1) is 22.7 Å². The number of rotatable bonds is 4. The van der Waals surface area contributed by atoms with Gasteiger partial charge in [0.1, 0.15) is 17.2 Å². The molecular formula is C16H16N2O2S2. The molecule has 3 rings (SSSR count). The third kappa shape index (κ3) is 2.84. The molecule has 0 fully saturated rings. The Morgan fingerprint density at radius 1 is 1.23 bits per heavy atom. The average Bonchev–Trinajstić information content (AvgIpc) is 3.22. The first-order valence-corrected chi connectivity index (χ1v) is 8.75. The number of hydrogen-bond donors (Lipinski definition) is 1. The number of hydrogen-bond acceptors (Lipinski definition) is 6. The highest BCUT2D eigenvalue weighted by molar-refractivity contribution is 7.12. The quantitative estimate of drug-likeness (QED) is 0.528. The average molecular weight is 332 g/mol. The van der Waals surface area contributed by atoms with Crippen LogP contribution in [0.25, 0.3) is 5.76 Å². The Kier molecular flexibility index (Phi) is 4.40. The minimum absolute atomic E-state index is 0.0147. The van der Waals surface area contributed by atoms with Crippen LogP contribution in [0, 0.1) is 0 Å². The summed E-state index contributed by atoms with van der Waals surface area (Å²) in [4.78, 5) is 20.6. The molecule has 0 unspecified atom stereocenters. The van der Waals surface area contributed by atoms with Crippen molar-refractivity contribution in [2.24, 2.45) is 4.99 Å². The SMILES string of the molecule is CN1CCCN=C1/C(C(=O)c1cccs1)=C(\O)c1cccs1. The molecule has 1 aliphatic heterocycles. The van der Waals surface area contributed by atoms with Crippen molar-refractivity contribution in [2.75, 3.05) is 20.1 Å². The molecule has 0 radical (unpaired) electrons. The molecule has 114 valence electrons. The zero-order chi connectivity index (χ0) is 15.5. The first-order chi connectivity index (χ1) is 10.7. The van der Waals surface area contributed by atoms with Crippen LogP contribution in [0.1, 0.15) is 21.0 Å². The summed E-state index contributed by atoms with van der Waals surface area (Å²) in [6.07, 6.45) is 0.959. The summed E-state index contributed by atoms with van der Waals surface area (Å²) in [6.45, 7) is 1.51. The fourth-order valence-corrected chi connectivity index (χ4v) is 3.72. The standard InChI is InChI=1S/C16H16N2O2S2/c1-18-8-4-7-17-16(18)13(14(19)11-5-2-9-21-11)15(20)12-6-3-10-22-12/h2-3,5-6,9-10,19H,4,7-8H2,1H3/b14-13-. The number of likely N-dealkylation sites (N-methyl/N-ethyl adjacent to an activating group) is 1. The van der Waals surface area contributed by atoms with Gasteiger partial charge in [-0.05, 0) is 29.3 Å². The molecule has 6 heteroatoms. The first kappa shape index (κ1) is 15.0. The van der Waals surface area contributed by atoms with E-state index in [9.17, 15) is 9.90 Å². The number of thiophene rings is 2. The lowest BCUT2D eigenvalue weighted by molar-refractivity contribution is 0.104. The molecule has 1 aliphatic rings. The van der Waals surface area contributed by atoms with Gasteiger partial charge in [-0.2, -0.15) is 0 Å². The summed E-state index contributed by atoms with van der Waals surface area (Å²) in [5, 5.41) is 14.4. The maximum absolute atomic E-state index is 12.9. The van der Waals surface area contributed by atoms with E-state index in [4.69, 9.17) is 0 Å². The van der Waals surface area contributed by atoms with Crippen molar-refractivity contribution in [2.45, 2.75) is 6.42 Å². The van der Waals surface area contributed by atoms with Gasteiger partial charge in [-0.1, -0.05) is 12.1 Å². The molecule has 1 N–H and O–H groups in total. The van der Waals surface area contributed by atoms with Crippen LogP contribution >= 0.6 is 22.7 Å². The monoisotopic (exact) mass is 332 g/mol. The van der Waals surface area contributed by atoms with Crippen LogP contribution in [0.2, 0.25) is 0 Å². The number of carbonyl (C=O) groups excluding carboxylic acids is 1. The molecule has 0 amide bonds. The Hall–Kier alpha value is -1.92. The molecule has 0 saturated carbocycles. The van der Waals surface area contributed by atoms with E-state index >= 15 is 0 Å². The lowest BCUT2D eigenvalue weighted by Crippen LogP contribution is -2.36. The van der Waals surface area contributed by atoms with Crippen LogP contribution < -0.4 is 0 Å². The number of aliphatic imine (C=N–C) groups is 1. The van der Waals surface area contributed by atoms with Gasteiger partial charge in [0.2, 0.25) is 5.78 Å². The molecule has 0 aliphatic carbocycles. The first-order valence-electron chi connectivity index (χ1n) is 6.99. The molecule has 0 spiro atoms. The topological polar surface area (TPSA) is 52.9 Å². The van der Waals surface area contributed by atoms with Crippen LogP contribution in [-0.4, -0.2) is 41.8 Å². The molecule has 0 bridgehead atoms. The van der Waals surface area contributed by atoms with Gasteiger partial charge in [0.05, 0.1) is 9.75 Å². The third-order valence-corrected chi connectivity index (χ3v) is 5.21. The van der Waals surface area contributed by atoms with Crippen LogP contribution in [0.5, 0.6) is 0 Å². The maximum Gasteiger partial charge on any atom is 0.210 e. The van der Waals surface area contributed by atoms with Gasteiger partial charge in [-0.3, -0.25) is 9.79 Å².